The van der Waals surface area contributed by atoms with Gasteiger partial charge >= 0.3 is 5.97 Å². The summed E-state index contributed by atoms with van der Waals surface area (Å²) < 4.78 is 5.01. The SMILES string of the molecule is CCCCOC(=O)CCC(O)c1ccc(C#N)cc1. The van der Waals surface area contributed by atoms with Gasteiger partial charge in [-0.05, 0) is 30.5 Å². The number of benzene rings is 1. The minimum atomic E-state index is -0.702. The summed E-state index contributed by atoms with van der Waals surface area (Å²) in [5, 5.41) is 18.6. The molecule has 4 heteroatoms. The Hall–Kier alpha value is -1.86. The molecule has 0 aliphatic carbocycles. The van der Waals surface area contributed by atoms with Gasteiger partial charge in [0.2, 0.25) is 0 Å². The van der Waals surface area contributed by atoms with Crippen molar-refractivity contribution in [2.45, 2.75) is 38.7 Å². The van der Waals surface area contributed by atoms with Gasteiger partial charge < -0.3 is 9.84 Å². The number of rotatable bonds is 7. The number of aliphatic hydroxyl groups excluding tert-OH is 1. The van der Waals surface area contributed by atoms with E-state index < -0.39 is 6.10 Å². The maximum absolute atomic E-state index is 11.4. The van der Waals surface area contributed by atoms with Crippen molar-refractivity contribution in [1.29, 1.82) is 5.26 Å². The molecule has 0 saturated carbocycles. The lowest BCUT2D eigenvalue weighted by atomic mass is 10.0. The normalized spacial score (nSPS) is 11.6. The Bertz CT molecular complexity index is 434. The van der Waals surface area contributed by atoms with Gasteiger partial charge in [0.15, 0.2) is 0 Å². The third kappa shape index (κ3) is 5.54. The van der Waals surface area contributed by atoms with Crippen molar-refractivity contribution in [3.8, 4) is 6.07 Å². The Kier molecular flexibility index (Phi) is 6.62. The first-order valence-electron chi connectivity index (χ1n) is 6.51. The number of nitrogens with zero attached hydrogens (tertiary/aromatic N) is 1. The number of nitriles is 1. The van der Waals surface area contributed by atoms with Crippen LogP contribution < -0.4 is 0 Å². The molecule has 0 bridgehead atoms. The van der Waals surface area contributed by atoms with Gasteiger partial charge in [-0.25, -0.2) is 0 Å². The summed E-state index contributed by atoms with van der Waals surface area (Å²) in [6.45, 7) is 2.48. The zero-order chi connectivity index (χ0) is 14.1. The van der Waals surface area contributed by atoms with Gasteiger partial charge in [-0.1, -0.05) is 25.5 Å². The van der Waals surface area contributed by atoms with Crippen LogP contribution in [0.4, 0.5) is 0 Å². The lowest BCUT2D eigenvalue weighted by Crippen LogP contribution is -2.08. The monoisotopic (exact) mass is 261 g/mol. The predicted octanol–water partition coefficient (Wildman–Crippen LogP) is 2.72. The maximum atomic E-state index is 11.4. The van der Waals surface area contributed by atoms with Gasteiger partial charge in [0, 0.05) is 6.42 Å². The summed E-state index contributed by atoms with van der Waals surface area (Å²) in [6, 6.07) is 8.72. The molecule has 1 aromatic rings. The number of carbonyl (C=O) groups is 1. The molecular formula is C15H19NO3. The molecule has 0 aliphatic heterocycles. The van der Waals surface area contributed by atoms with E-state index in [4.69, 9.17) is 10.00 Å². The number of carbonyl (C=O) groups excluding carboxylic acids is 1. The Morgan fingerprint density at radius 2 is 2.11 bits per heavy atom. The summed E-state index contributed by atoms with van der Waals surface area (Å²) in [6.07, 6.45) is 1.68. The number of hydrogen-bond donors (Lipinski definition) is 1. The molecule has 0 amide bonds. The summed E-state index contributed by atoms with van der Waals surface area (Å²) in [7, 11) is 0. The topological polar surface area (TPSA) is 70.3 Å². The minimum absolute atomic E-state index is 0.199. The summed E-state index contributed by atoms with van der Waals surface area (Å²) in [5.74, 6) is -0.277. The molecule has 0 aromatic heterocycles. The van der Waals surface area contributed by atoms with Gasteiger partial charge in [0.25, 0.3) is 0 Å². The van der Waals surface area contributed by atoms with Crippen molar-refractivity contribution in [3.05, 3.63) is 35.4 Å². The molecule has 1 N–H and O–H groups in total. The molecule has 0 aliphatic rings. The van der Waals surface area contributed by atoms with E-state index in [2.05, 4.69) is 0 Å². The smallest absolute Gasteiger partial charge is 0.305 e. The molecule has 1 atom stereocenters. The molecular weight excluding hydrogens is 242 g/mol. The molecule has 1 aromatic carbocycles. The van der Waals surface area contributed by atoms with Crippen molar-refractivity contribution >= 4 is 5.97 Å². The third-order valence-corrected chi connectivity index (χ3v) is 2.81. The van der Waals surface area contributed by atoms with Crippen LogP contribution in [0.25, 0.3) is 0 Å². The van der Waals surface area contributed by atoms with Crippen molar-refractivity contribution in [2.75, 3.05) is 6.61 Å². The van der Waals surface area contributed by atoms with Crippen molar-refractivity contribution in [1.82, 2.24) is 0 Å². The van der Waals surface area contributed by atoms with E-state index in [-0.39, 0.29) is 12.4 Å². The van der Waals surface area contributed by atoms with E-state index in [0.717, 1.165) is 12.8 Å². The number of ether oxygens (including phenoxy) is 1. The van der Waals surface area contributed by atoms with Crippen LogP contribution in [0.15, 0.2) is 24.3 Å². The van der Waals surface area contributed by atoms with E-state index in [0.29, 0.717) is 24.2 Å². The van der Waals surface area contributed by atoms with E-state index in [1.807, 2.05) is 13.0 Å². The van der Waals surface area contributed by atoms with Crippen LogP contribution in [0.1, 0.15) is 49.8 Å². The van der Waals surface area contributed by atoms with Crippen molar-refractivity contribution in [3.63, 3.8) is 0 Å². The second kappa shape index (κ2) is 8.28. The van der Waals surface area contributed by atoms with Crippen LogP contribution in [0.2, 0.25) is 0 Å². The highest BCUT2D eigenvalue weighted by molar-refractivity contribution is 5.69. The Morgan fingerprint density at radius 3 is 2.68 bits per heavy atom. The van der Waals surface area contributed by atoms with Gasteiger partial charge in [0.05, 0.1) is 24.3 Å². The molecule has 0 heterocycles. The summed E-state index contributed by atoms with van der Waals surface area (Å²) >= 11 is 0. The molecule has 102 valence electrons. The van der Waals surface area contributed by atoms with Crippen LogP contribution in [-0.2, 0) is 9.53 Å². The van der Waals surface area contributed by atoms with Gasteiger partial charge in [-0.3, -0.25) is 4.79 Å². The average Bonchev–Trinajstić information content (AvgIpc) is 2.45. The molecule has 1 unspecified atom stereocenters. The quantitative estimate of drug-likeness (QED) is 0.605. The highest BCUT2D eigenvalue weighted by atomic mass is 16.5. The lowest BCUT2D eigenvalue weighted by Gasteiger charge is -2.10. The summed E-state index contributed by atoms with van der Waals surface area (Å²) in [4.78, 5) is 11.4. The standard InChI is InChI=1S/C15H19NO3/c1-2-3-10-19-15(18)9-8-14(17)13-6-4-12(11-16)5-7-13/h4-7,14,17H,2-3,8-10H2,1H3. The maximum Gasteiger partial charge on any atom is 0.305 e. The molecule has 0 spiro atoms. The van der Waals surface area contributed by atoms with Crippen LogP contribution in [-0.4, -0.2) is 17.7 Å². The van der Waals surface area contributed by atoms with E-state index in [9.17, 15) is 9.90 Å². The lowest BCUT2D eigenvalue weighted by molar-refractivity contribution is -0.144. The summed E-state index contributed by atoms with van der Waals surface area (Å²) in [5.41, 5.74) is 1.26. The molecule has 1 rings (SSSR count). The van der Waals surface area contributed by atoms with Gasteiger partial charge in [-0.15, -0.1) is 0 Å². The van der Waals surface area contributed by atoms with E-state index in [1.165, 1.54) is 0 Å². The first-order valence-corrected chi connectivity index (χ1v) is 6.51. The fourth-order valence-corrected chi connectivity index (χ4v) is 1.60. The number of esters is 1. The predicted molar refractivity (Wildman–Crippen MR) is 71.2 cm³/mol. The first-order chi connectivity index (χ1) is 9.17. The fraction of sp³-hybridized carbons (Fsp3) is 0.467. The number of aliphatic hydroxyl groups is 1. The minimum Gasteiger partial charge on any atom is -0.466 e. The second-order valence-corrected chi connectivity index (χ2v) is 4.36. The van der Waals surface area contributed by atoms with Crippen molar-refractivity contribution in [2.24, 2.45) is 0 Å². The van der Waals surface area contributed by atoms with E-state index in [1.54, 1.807) is 24.3 Å². The Morgan fingerprint density at radius 1 is 1.42 bits per heavy atom. The molecule has 19 heavy (non-hydrogen) atoms. The fourth-order valence-electron chi connectivity index (χ4n) is 1.60. The van der Waals surface area contributed by atoms with Crippen molar-refractivity contribution < 1.29 is 14.6 Å². The molecule has 0 radical (unpaired) electrons. The van der Waals surface area contributed by atoms with Crippen LogP contribution in [0.3, 0.4) is 0 Å². The van der Waals surface area contributed by atoms with Crippen LogP contribution in [0.5, 0.6) is 0 Å². The number of unbranched alkanes of at least 4 members (excludes halogenated alkanes) is 1. The highest BCUT2D eigenvalue weighted by Crippen LogP contribution is 2.18. The Balaban J connectivity index is 2.36. The molecule has 0 saturated heterocycles. The van der Waals surface area contributed by atoms with Crippen LogP contribution >= 0.6 is 0 Å². The van der Waals surface area contributed by atoms with Gasteiger partial charge in [0.1, 0.15) is 0 Å². The van der Waals surface area contributed by atoms with Crippen LogP contribution in [0, 0.1) is 11.3 Å². The Labute approximate surface area is 113 Å². The second-order valence-electron chi connectivity index (χ2n) is 4.36. The number of hydrogen-bond acceptors (Lipinski definition) is 4. The molecule has 4 nitrogen and oxygen atoms in total. The molecule has 0 fully saturated rings. The highest BCUT2D eigenvalue weighted by Gasteiger charge is 2.11. The zero-order valence-corrected chi connectivity index (χ0v) is 11.1. The van der Waals surface area contributed by atoms with Gasteiger partial charge in [-0.2, -0.15) is 5.26 Å². The largest absolute Gasteiger partial charge is 0.466 e. The zero-order valence-electron chi connectivity index (χ0n) is 11.1. The van der Waals surface area contributed by atoms with E-state index >= 15 is 0 Å². The third-order valence-electron chi connectivity index (χ3n) is 2.81. The first kappa shape index (κ1) is 15.2. The average molecular weight is 261 g/mol.